The lowest BCUT2D eigenvalue weighted by atomic mass is 10.1. The Morgan fingerprint density at radius 2 is 1.87 bits per heavy atom. The maximum atomic E-state index is 11.9. The molecule has 5 nitrogen and oxygen atoms in total. The number of carbonyl (C=O) groups excluding carboxylic acids is 1. The molecule has 0 atom stereocenters. The van der Waals surface area contributed by atoms with Gasteiger partial charge in [0.15, 0.2) is 6.61 Å². The lowest BCUT2D eigenvalue weighted by molar-refractivity contribution is -0.123. The molecule has 0 spiro atoms. The number of aromatic nitrogens is 2. The number of halogens is 1. The summed E-state index contributed by atoms with van der Waals surface area (Å²) in [7, 11) is 0. The number of fused-ring (bicyclic) bond motifs is 1. The Morgan fingerprint density at radius 3 is 2.63 bits per heavy atom. The van der Waals surface area contributed by atoms with Crippen LogP contribution in [0.4, 0.5) is 0 Å². The molecule has 0 saturated carbocycles. The Bertz CT molecular complexity index is 951. The van der Waals surface area contributed by atoms with Gasteiger partial charge in [0.2, 0.25) is 0 Å². The van der Waals surface area contributed by atoms with Gasteiger partial charge in [-0.25, -0.2) is 4.98 Å². The molecule has 160 valence electrons. The lowest BCUT2D eigenvalue weighted by Crippen LogP contribution is -2.29. The average Bonchev–Trinajstić information content (AvgIpc) is 3.07. The van der Waals surface area contributed by atoms with E-state index in [9.17, 15) is 4.79 Å². The molecule has 0 unspecified atom stereocenters. The van der Waals surface area contributed by atoms with Gasteiger partial charge in [-0.15, -0.1) is 0 Å². The van der Waals surface area contributed by atoms with Crippen molar-refractivity contribution < 1.29 is 9.53 Å². The molecule has 0 bridgehead atoms. The molecular formula is C24H30ClN3O2. The summed E-state index contributed by atoms with van der Waals surface area (Å²) in [6.45, 7) is 6.13. The molecule has 3 aromatic rings. The van der Waals surface area contributed by atoms with Crippen molar-refractivity contribution in [2.45, 2.75) is 46.1 Å². The Kier molecular flexibility index (Phi) is 8.14. The van der Waals surface area contributed by atoms with Crippen LogP contribution in [0.5, 0.6) is 5.75 Å². The molecule has 0 aliphatic rings. The topological polar surface area (TPSA) is 56.2 Å². The number of aryl methyl sites for hydroxylation is 1. The van der Waals surface area contributed by atoms with Crippen LogP contribution < -0.4 is 10.1 Å². The highest BCUT2D eigenvalue weighted by molar-refractivity contribution is 6.30. The second-order valence-electron chi connectivity index (χ2n) is 7.92. The van der Waals surface area contributed by atoms with Gasteiger partial charge in [0.25, 0.3) is 5.91 Å². The number of nitrogens with zero attached hydrogens (tertiary/aromatic N) is 2. The summed E-state index contributed by atoms with van der Waals surface area (Å²) in [5.41, 5.74) is 2.29. The van der Waals surface area contributed by atoms with Crippen molar-refractivity contribution in [1.29, 1.82) is 0 Å². The summed E-state index contributed by atoms with van der Waals surface area (Å²) in [6, 6.07) is 15.3. The highest BCUT2D eigenvalue weighted by atomic mass is 35.5. The van der Waals surface area contributed by atoms with Crippen LogP contribution >= 0.6 is 11.6 Å². The zero-order chi connectivity index (χ0) is 21.3. The van der Waals surface area contributed by atoms with Gasteiger partial charge in [0, 0.05) is 24.5 Å². The van der Waals surface area contributed by atoms with E-state index >= 15 is 0 Å². The van der Waals surface area contributed by atoms with Crippen LogP contribution in [0.2, 0.25) is 5.02 Å². The molecule has 6 heteroatoms. The first-order valence-corrected chi connectivity index (χ1v) is 11.0. The van der Waals surface area contributed by atoms with Gasteiger partial charge in [-0.05, 0) is 55.2 Å². The van der Waals surface area contributed by atoms with Crippen molar-refractivity contribution in [1.82, 2.24) is 14.9 Å². The van der Waals surface area contributed by atoms with E-state index in [2.05, 4.69) is 41.9 Å². The first kappa shape index (κ1) is 22.2. The highest BCUT2D eigenvalue weighted by Crippen LogP contribution is 2.19. The molecule has 30 heavy (non-hydrogen) atoms. The second kappa shape index (κ2) is 11.0. The third kappa shape index (κ3) is 6.49. The standard InChI is InChI=1S/C24H30ClN3O2/c1-18(2)16-28-22-9-6-5-8-21(22)27-23(28)10-4-3-7-15-26-24(29)17-30-20-13-11-19(25)12-14-20/h5-6,8-9,11-14,18H,3-4,7,10,15-17H2,1-2H3,(H,26,29). The van der Waals surface area contributed by atoms with Gasteiger partial charge in [-0.2, -0.15) is 0 Å². The number of nitrogens with one attached hydrogen (secondary N) is 1. The van der Waals surface area contributed by atoms with Gasteiger partial charge in [0.05, 0.1) is 11.0 Å². The molecule has 1 heterocycles. The maximum Gasteiger partial charge on any atom is 0.257 e. The number of carbonyl (C=O) groups is 1. The predicted molar refractivity (Wildman–Crippen MR) is 122 cm³/mol. The normalized spacial score (nSPS) is 11.2. The minimum Gasteiger partial charge on any atom is -0.484 e. The second-order valence-corrected chi connectivity index (χ2v) is 8.36. The van der Waals surface area contributed by atoms with Crippen LogP contribution in [0.15, 0.2) is 48.5 Å². The molecule has 3 rings (SSSR count). The number of amides is 1. The van der Waals surface area contributed by atoms with Gasteiger partial charge in [-0.1, -0.05) is 44.0 Å². The summed E-state index contributed by atoms with van der Waals surface area (Å²) in [4.78, 5) is 16.7. The molecule has 0 fully saturated rings. The van der Waals surface area contributed by atoms with E-state index < -0.39 is 0 Å². The summed E-state index contributed by atoms with van der Waals surface area (Å²) in [5, 5.41) is 3.56. The van der Waals surface area contributed by atoms with Crippen LogP contribution in [-0.2, 0) is 17.8 Å². The lowest BCUT2D eigenvalue weighted by Gasteiger charge is -2.12. The largest absolute Gasteiger partial charge is 0.484 e. The number of para-hydroxylation sites is 2. The monoisotopic (exact) mass is 427 g/mol. The summed E-state index contributed by atoms with van der Waals surface area (Å²) in [5.74, 6) is 2.26. The smallest absolute Gasteiger partial charge is 0.257 e. The van der Waals surface area contributed by atoms with Gasteiger partial charge < -0.3 is 14.6 Å². The molecular weight excluding hydrogens is 398 g/mol. The maximum absolute atomic E-state index is 11.9. The van der Waals surface area contributed by atoms with Crippen LogP contribution in [-0.4, -0.2) is 28.6 Å². The molecule has 0 aliphatic carbocycles. The Morgan fingerprint density at radius 1 is 1.10 bits per heavy atom. The number of imidazole rings is 1. The van der Waals surface area contributed by atoms with Crippen LogP contribution in [0.3, 0.4) is 0 Å². The van der Waals surface area contributed by atoms with Crippen molar-refractivity contribution in [2.75, 3.05) is 13.2 Å². The van der Waals surface area contributed by atoms with E-state index in [0.29, 0.717) is 23.2 Å². The van der Waals surface area contributed by atoms with E-state index in [0.717, 1.165) is 43.6 Å². The third-order valence-electron chi connectivity index (χ3n) is 4.86. The van der Waals surface area contributed by atoms with Crippen molar-refractivity contribution in [3.63, 3.8) is 0 Å². The van der Waals surface area contributed by atoms with E-state index in [4.69, 9.17) is 21.3 Å². The van der Waals surface area contributed by atoms with Gasteiger partial charge in [0.1, 0.15) is 11.6 Å². The number of unbranched alkanes of at least 4 members (excludes halogenated alkanes) is 2. The first-order valence-electron chi connectivity index (χ1n) is 10.6. The number of hydrogen-bond donors (Lipinski definition) is 1. The van der Waals surface area contributed by atoms with E-state index in [1.807, 2.05) is 6.07 Å². The number of hydrogen-bond acceptors (Lipinski definition) is 3. The Hall–Kier alpha value is -2.53. The quantitative estimate of drug-likeness (QED) is 0.425. The van der Waals surface area contributed by atoms with Crippen molar-refractivity contribution in [2.24, 2.45) is 5.92 Å². The number of benzene rings is 2. The molecule has 1 aromatic heterocycles. The summed E-state index contributed by atoms with van der Waals surface area (Å²) >= 11 is 5.83. The fourth-order valence-electron chi connectivity index (χ4n) is 3.43. The fraction of sp³-hybridized carbons (Fsp3) is 0.417. The van der Waals surface area contributed by atoms with Gasteiger partial charge >= 0.3 is 0 Å². The molecule has 0 aliphatic heterocycles. The number of ether oxygens (including phenoxy) is 1. The van der Waals surface area contributed by atoms with Crippen molar-refractivity contribution >= 4 is 28.5 Å². The van der Waals surface area contributed by atoms with Crippen molar-refractivity contribution in [3.05, 3.63) is 59.4 Å². The van der Waals surface area contributed by atoms with Crippen LogP contribution in [0.25, 0.3) is 11.0 Å². The molecule has 2 aromatic carbocycles. The van der Waals surface area contributed by atoms with E-state index in [1.165, 1.54) is 5.52 Å². The number of rotatable bonds is 11. The van der Waals surface area contributed by atoms with Crippen LogP contribution in [0.1, 0.15) is 38.9 Å². The minimum atomic E-state index is -0.108. The molecule has 1 N–H and O–H groups in total. The Labute approximate surface area is 183 Å². The third-order valence-corrected chi connectivity index (χ3v) is 5.12. The minimum absolute atomic E-state index is 0.0147. The first-order chi connectivity index (χ1) is 14.5. The molecule has 0 radical (unpaired) electrons. The highest BCUT2D eigenvalue weighted by Gasteiger charge is 2.11. The van der Waals surface area contributed by atoms with E-state index in [-0.39, 0.29) is 12.5 Å². The molecule has 1 amide bonds. The van der Waals surface area contributed by atoms with Crippen molar-refractivity contribution in [3.8, 4) is 5.75 Å². The summed E-state index contributed by atoms with van der Waals surface area (Å²) < 4.78 is 7.81. The average molecular weight is 428 g/mol. The van der Waals surface area contributed by atoms with E-state index in [1.54, 1.807) is 24.3 Å². The molecule has 0 saturated heterocycles. The zero-order valence-corrected chi connectivity index (χ0v) is 18.5. The zero-order valence-electron chi connectivity index (χ0n) is 17.7. The summed E-state index contributed by atoms with van der Waals surface area (Å²) in [6.07, 6.45) is 3.99. The predicted octanol–water partition coefficient (Wildman–Crippen LogP) is 5.25. The SMILES string of the molecule is CC(C)Cn1c(CCCCCNC(=O)COc2ccc(Cl)cc2)nc2ccccc21. The van der Waals surface area contributed by atoms with Crippen LogP contribution in [0, 0.1) is 5.92 Å². The fourth-order valence-corrected chi connectivity index (χ4v) is 3.55. The van der Waals surface area contributed by atoms with Gasteiger partial charge in [-0.3, -0.25) is 4.79 Å². The Balaban J connectivity index is 1.37.